The average Bonchev–Trinajstić information content (AvgIpc) is 2.54. The summed E-state index contributed by atoms with van der Waals surface area (Å²) in [5, 5.41) is 2.64. The van der Waals surface area contributed by atoms with Crippen LogP contribution in [0.4, 0.5) is 5.69 Å². The van der Waals surface area contributed by atoms with Crippen LogP contribution in [0.15, 0.2) is 54.6 Å². The smallest absolute Gasteiger partial charge is 0.313 e. The molecule has 5 heteroatoms. The van der Waals surface area contributed by atoms with E-state index in [4.69, 9.17) is 9.47 Å². The summed E-state index contributed by atoms with van der Waals surface area (Å²) in [5.74, 6) is -0.0668. The first-order valence-corrected chi connectivity index (χ1v) is 7.33. The largest absolute Gasteiger partial charge is 0.426 e. The number of rotatable bonds is 7. The van der Waals surface area contributed by atoms with Crippen molar-refractivity contribution >= 4 is 17.6 Å². The molecule has 1 amide bonds. The van der Waals surface area contributed by atoms with Crippen LogP contribution in [0, 0.1) is 0 Å². The molecule has 0 aliphatic rings. The number of nitrogens with one attached hydrogen (secondary N) is 1. The quantitative estimate of drug-likeness (QED) is 0.484. The molecule has 0 bridgehead atoms. The van der Waals surface area contributed by atoms with Gasteiger partial charge in [0.15, 0.2) is 0 Å². The normalized spacial score (nSPS) is 10.1. The van der Waals surface area contributed by atoms with E-state index in [1.54, 1.807) is 24.3 Å². The second-order valence-electron chi connectivity index (χ2n) is 4.97. The summed E-state index contributed by atoms with van der Waals surface area (Å²) in [5.41, 5.74) is 1.72. The van der Waals surface area contributed by atoms with Crippen LogP contribution in [-0.2, 0) is 20.9 Å². The molecule has 120 valence electrons. The number of hydrogen-bond donors (Lipinski definition) is 1. The summed E-state index contributed by atoms with van der Waals surface area (Å²) in [6.07, 6.45) is 0.181. The first-order chi connectivity index (χ1) is 11.1. The maximum Gasteiger partial charge on any atom is 0.313 e. The van der Waals surface area contributed by atoms with Gasteiger partial charge in [0, 0.05) is 12.6 Å². The lowest BCUT2D eigenvalue weighted by Gasteiger charge is -2.07. The van der Waals surface area contributed by atoms with E-state index in [-0.39, 0.29) is 18.3 Å². The molecule has 0 aromatic heterocycles. The van der Waals surface area contributed by atoms with Crippen LogP contribution in [0.1, 0.15) is 18.9 Å². The monoisotopic (exact) mass is 313 g/mol. The summed E-state index contributed by atoms with van der Waals surface area (Å²) < 4.78 is 10.6. The zero-order chi connectivity index (χ0) is 16.5. The molecule has 5 nitrogen and oxygen atoms in total. The van der Waals surface area contributed by atoms with E-state index in [2.05, 4.69) is 5.32 Å². The molecule has 0 aliphatic heterocycles. The van der Waals surface area contributed by atoms with Crippen molar-refractivity contribution in [2.75, 3.05) is 11.9 Å². The third-order valence-electron chi connectivity index (χ3n) is 2.97. The third kappa shape index (κ3) is 6.32. The van der Waals surface area contributed by atoms with Crippen LogP contribution < -0.4 is 10.1 Å². The Labute approximate surface area is 135 Å². The Balaban J connectivity index is 1.69. The molecule has 0 unspecified atom stereocenters. The van der Waals surface area contributed by atoms with Gasteiger partial charge in [0.2, 0.25) is 5.91 Å². The molecule has 2 aromatic rings. The standard InChI is InChI=1S/C18H19NO4/c1-14(20)19-16-7-9-17(10-8-16)23-18(21)11-12-22-13-15-5-3-2-4-6-15/h2-10H,11-13H2,1H3,(H,19,20). The van der Waals surface area contributed by atoms with Crippen LogP contribution >= 0.6 is 0 Å². The van der Waals surface area contributed by atoms with E-state index in [1.807, 2.05) is 30.3 Å². The summed E-state index contributed by atoms with van der Waals surface area (Å²) in [6, 6.07) is 16.4. The van der Waals surface area contributed by atoms with E-state index in [9.17, 15) is 9.59 Å². The molecule has 0 saturated heterocycles. The van der Waals surface area contributed by atoms with Crippen LogP contribution in [0.5, 0.6) is 5.75 Å². The average molecular weight is 313 g/mol. The number of carbonyl (C=O) groups is 2. The highest BCUT2D eigenvalue weighted by molar-refractivity contribution is 5.88. The Kier molecular flexibility index (Phi) is 6.32. The van der Waals surface area contributed by atoms with E-state index < -0.39 is 0 Å². The number of anilines is 1. The predicted octanol–water partition coefficient (Wildman–Crippen LogP) is 3.16. The van der Waals surface area contributed by atoms with Crippen molar-refractivity contribution in [1.82, 2.24) is 0 Å². The number of ether oxygens (including phenoxy) is 2. The lowest BCUT2D eigenvalue weighted by molar-refractivity contribution is -0.135. The van der Waals surface area contributed by atoms with Gasteiger partial charge < -0.3 is 14.8 Å². The number of hydrogen-bond acceptors (Lipinski definition) is 4. The van der Waals surface area contributed by atoms with Crippen LogP contribution in [-0.4, -0.2) is 18.5 Å². The van der Waals surface area contributed by atoms with Gasteiger partial charge in [0.05, 0.1) is 19.6 Å². The van der Waals surface area contributed by atoms with E-state index in [0.717, 1.165) is 5.56 Å². The summed E-state index contributed by atoms with van der Waals surface area (Å²) in [6.45, 7) is 2.21. The Morgan fingerprint density at radius 3 is 2.35 bits per heavy atom. The fourth-order valence-electron chi connectivity index (χ4n) is 1.91. The minimum absolute atomic E-state index is 0.148. The SMILES string of the molecule is CC(=O)Nc1ccc(OC(=O)CCOCc2ccccc2)cc1. The molecule has 1 N–H and O–H groups in total. The minimum atomic E-state index is -0.356. The van der Waals surface area contributed by atoms with Gasteiger partial charge in [0.1, 0.15) is 5.75 Å². The van der Waals surface area contributed by atoms with Gasteiger partial charge in [-0.3, -0.25) is 9.59 Å². The zero-order valence-electron chi connectivity index (χ0n) is 13.0. The summed E-state index contributed by atoms with van der Waals surface area (Å²) in [4.78, 5) is 22.6. The lowest BCUT2D eigenvalue weighted by atomic mass is 10.2. The molecule has 2 rings (SSSR count). The number of esters is 1. The van der Waals surface area contributed by atoms with Gasteiger partial charge in [-0.25, -0.2) is 0 Å². The third-order valence-corrected chi connectivity index (χ3v) is 2.97. The fraction of sp³-hybridized carbons (Fsp3) is 0.222. The highest BCUT2D eigenvalue weighted by Crippen LogP contribution is 2.16. The maximum absolute atomic E-state index is 11.7. The number of benzene rings is 2. The second-order valence-corrected chi connectivity index (χ2v) is 4.97. The van der Waals surface area contributed by atoms with E-state index >= 15 is 0 Å². The Morgan fingerprint density at radius 1 is 1.00 bits per heavy atom. The Hall–Kier alpha value is -2.66. The van der Waals surface area contributed by atoms with Crippen molar-refractivity contribution in [3.63, 3.8) is 0 Å². The Bertz CT molecular complexity index is 638. The molecule has 0 fully saturated rings. The molecule has 0 radical (unpaired) electrons. The highest BCUT2D eigenvalue weighted by atomic mass is 16.5. The predicted molar refractivity (Wildman–Crippen MR) is 87.1 cm³/mol. The molecule has 0 heterocycles. The van der Waals surface area contributed by atoms with Crippen molar-refractivity contribution < 1.29 is 19.1 Å². The zero-order valence-corrected chi connectivity index (χ0v) is 13.0. The van der Waals surface area contributed by atoms with Crippen molar-refractivity contribution in [3.05, 3.63) is 60.2 Å². The van der Waals surface area contributed by atoms with E-state index in [1.165, 1.54) is 6.92 Å². The van der Waals surface area contributed by atoms with Gasteiger partial charge >= 0.3 is 5.97 Å². The summed E-state index contributed by atoms with van der Waals surface area (Å²) in [7, 11) is 0. The van der Waals surface area contributed by atoms with Crippen molar-refractivity contribution in [2.24, 2.45) is 0 Å². The molecule has 23 heavy (non-hydrogen) atoms. The molecular formula is C18H19NO4. The fourth-order valence-corrected chi connectivity index (χ4v) is 1.91. The van der Waals surface area contributed by atoms with Gasteiger partial charge in [-0.2, -0.15) is 0 Å². The van der Waals surface area contributed by atoms with Crippen LogP contribution in [0.3, 0.4) is 0 Å². The highest BCUT2D eigenvalue weighted by Gasteiger charge is 2.05. The maximum atomic E-state index is 11.7. The molecule has 0 atom stereocenters. The Morgan fingerprint density at radius 2 is 1.70 bits per heavy atom. The molecular weight excluding hydrogens is 294 g/mol. The molecule has 2 aromatic carbocycles. The number of amides is 1. The lowest BCUT2D eigenvalue weighted by Crippen LogP contribution is -2.11. The van der Waals surface area contributed by atoms with Gasteiger partial charge in [-0.1, -0.05) is 30.3 Å². The van der Waals surface area contributed by atoms with Crippen molar-refractivity contribution in [2.45, 2.75) is 20.0 Å². The topological polar surface area (TPSA) is 64.6 Å². The van der Waals surface area contributed by atoms with Crippen LogP contribution in [0.25, 0.3) is 0 Å². The van der Waals surface area contributed by atoms with Gasteiger partial charge in [0.25, 0.3) is 0 Å². The van der Waals surface area contributed by atoms with Crippen molar-refractivity contribution in [3.8, 4) is 5.75 Å². The molecule has 0 spiro atoms. The first-order valence-electron chi connectivity index (χ1n) is 7.33. The summed E-state index contributed by atoms with van der Waals surface area (Å²) >= 11 is 0. The first kappa shape index (κ1) is 16.7. The number of carbonyl (C=O) groups excluding carboxylic acids is 2. The molecule has 0 aliphatic carbocycles. The van der Waals surface area contributed by atoms with E-state index in [0.29, 0.717) is 24.7 Å². The second kappa shape index (κ2) is 8.70. The van der Waals surface area contributed by atoms with Gasteiger partial charge in [-0.15, -0.1) is 0 Å². The van der Waals surface area contributed by atoms with Gasteiger partial charge in [-0.05, 0) is 29.8 Å². The van der Waals surface area contributed by atoms with Crippen molar-refractivity contribution in [1.29, 1.82) is 0 Å². The van der Waals surface area contributed by atoms with Crippen LogP contribution in [0.2, 0.25) is 0 Å². The minimum Gasteiger partial charge on any atom is -0.426 e. The molecule has 0 saturated carbocycles.